The fraction of sp³-hybridized carbons (Fsp3) is 0.400. The maximum atomic E-state index is 4.91. The lowest BCUT2D eigenvalue weighted by Crippen LogP contribution is -2.05. The molecule has 1 N–H and O–H groups in total. The Hall–Kier alpha value is -2.35. The van der Waals surface area contributed by atoms with Crippen LogP contribution in [0.15, 0.2) is 53.5 Å². The second kappa shape index (κ2) is 10.7. The molecule has 0 unspecified atom stereocenters. The molecule has 2 aromatic carbocycles. The lowest BCUT2D eigenvalue weighted by molar-refractivity contribution is 1.08. The molecule has 0 atom stereocenters. The Balaban J connectivity index is 2.11. The third-order valence-corrected chi connectivity index (χ3v) is 5.01. The summed E-state index contributed by atoms with van der Waals surface area (Å²) < 4.78 is 0. The quantitative estimate of drug-likeness (QED) is 0.493. The number of nitrogens with one attached hydrogen (secondary N) is 1. The van der Waals surface area contributed by atoms with Crippen LogP contribution in [-0.4, -0.2) is 12.3 Å². The lowest BCUT2D eigenvalue weighted by atomic mass is 10.0. The number of hydrogen-bond donors (Lipinski definition) is 1. The van der Waals surface area contributed by atoms with E-state index in [2.05, 4.69) is 88.5 Å². The minimum Gasteiger partial charge on any atom is -0.381 e. The summed E-state index contributed by atoms with van der Waals surface area (Å²) >= 11 is 0. The summed E-state index contributed by atoms with van der Waals surface area (Å²) in [7, 11) is 0. The zero-order valence-corrected chi connectivity index (χ0v) is 17.6. The van der Waals surface area contributed by atoms with Gasteiger partial charge in [0.25, 0.3) is 0 Å². The van der Waals surface area contributed by atoms with Crippen LogP contribution in [0.4, 0.5) is 11.4 Å². The number of rotatable bonds is 9. The molecule has 0 heterocycles. The number of aliphatic imine (C=N–C) groups is 1. The molecule has 0 fully saturated rings. The van der Waals surface area contributed by atoms with Gasteiger partial charge in [0.15, 0.2) is 0 Å². The Kier molecular flexibility index (Phi) is 8.32. The van der Waals surface area contributed by atoms with Gasteiger partial charge in [-0.1, -0.05) is 70.2 Å². The van der Waals surface area contributed by atoms with E-state index in [1.165, 1.54) is 27.9 Å². The minimum atomic E-state index is 0.812. The van der Waals surface area contributed by atoms with Gasteiger partial charge in [-0.2, -0.15) is 0 Å². The molecule has 0 aliphatic carbocycles. The average molecular weight is 363 g/mol. The molecule has 0 spiro atoms. The molecule has 2 nitrogen and oxygen atoms in total. The van der Waals surface area contributed by atoms with Crippen LogP contribution >= 0.6 is 0 Å². The Morgan fingerprint density at radius 2 is 1.30 bits per heavy atom. The topological polar surface area (TPSA) is 24.4 Å². The highest BCUT2D eigenvalue weighted by Gasteiger charge is 2.06. The molecule has 0 aromatic heterocycles. The summed E-state index contributed by atoms with van der Waals surface area (Å²) in [4.78, 5) is 4.91. The van der Waals surface area contributed by atoms with Gasteiger partial charge < -0.3 is 5.32 Å². The van der Waals surface area contributed by atoms with Crippen molar-refractivity contribution in [2.24, 2.45) is 4.99 Å². The molecular formula is C25H34N2. The van der Waals surface area contributed by atoms with Gasteiger partial charge in [-0.05, 0) is 60.9 Å². The molecule has 2 aromatic rings. The second-order valence-electron chi connectivity index (χ2n) is 6.83. The van der Waals surface area contributed by atoms with E-state index >= 15 is 0 Å². The number of benzene rings is 2. The van der Waals surface area contributed by atoms with E-state index < -0.39 is 0 Å². The third-order valence-electron chi connectivity index (χ3n) is 5.01. The van der Waals surface area contributed by atoms with Crippen LogP contribution in [0.25, 0.3) is 0 Å². The number of anilines is 1. The molecule has 2 rings (SSSR count). The van der Waals surface area contributed by atoms with E-state index in [1.807, 2.05) is 0 Å². The van der Waals surface area contributed by atoms with Gasteiger partial charge in [0.05, 0.1) is 5.69 Å². The van der Waals surface area contributed by atoms with Gasteiger partial charge in [0, 0.05) is 17.9 Å². The van der Waals surface area contributed by atoms with E-state index in [9.17, 15) is 0 Å². The molecule has 0 aliphatic heterocycles. The first-order valence-electron chi connectivity index (χ1n) is 10.3. The fourth-order valence-corrected chi connectivity index (χ4v) is 3.43. The molecule has 0 amide bonds. The summed E-state index contributed by atoms with van der Waals surface area (Å²) in [5.74, 6) is 0. The van der Waals surface area contributed by atoms with Gasteiger partial charge in [-0.3, -0.25) is 4.99 Å². The third kappa shape index (κ3) is 5.56. The minimum absolute atomic E-state index is 0.812. The first-order valence-corrected chi connectivity index (χ1v) is 10.3. The highest BCUT2D eigenvalue weighted by molar-refractivity contribution is 5.95. The standard InChI is InChI=1S/C25H34N2/c1-6-20-14-10-15-21(7-2)24(20)26-18-12-13-19(5)27-25-22(8-3)16-11-17-23(25)9-4/h10-17,26H,6-9,18H2,1-5H3/b13-12+,27-19?. The average Bonchev–Trinajstić information content (AvgIpc) is 2.71. The van der Waals surface area contributed by atoms with Crippen LogP contribution in [0.2, 0.25) is 0 Å². The predicted molar refractivity (Wildman–Crippen MR) is 121 cm³/mol. The van der Waals surface area contributed by atoms with Gasteiger partial charge in [-0.15, -0.1) is 0 Å². The molecule has 0 aliphatic rings. The van der Waals surface area contributed by atoms with Crippen molar-refractivity contribution in [2.45, 2.75) is 60.3 Å². The molecule has 2 heteroatoms. The van der Waals surface area contributed by atoms with Crippen molar-refractivity contribution < 1.29 is 0 Å². The van der Waals surface area contributed by atoms with Gasteiger partial charge in [0.2, 0.25) is 0 Å². The fourth-order valence-electron chi connectivity index (χ4n) is 3.43. The molecule has 0 radical (unpaired) electrons. The van der Waals surface area contributed by atoms with Crippen molar-refractivity contribution >= 4 is 17.1 Å². The molecular weight excluding hydrogens is 328 g/mol. The van der Waals surface area contributed by atoms with Gasteiger partial charge in [-0.25, -0.2) is 0 Å². The monoisotopic (exact) mass is 362 g/mol. The van der Waals surface area contributed by atoms with Crippen LogP contribution < -0.4 is 5.32 Å². The van der Waals surface area contributed by atoms with Crippen LogP contribution in [0.1, 0.15) is 56.9 Å². The second-order valence-corrected chi connectivity index (χ2v) is 6.83. The Morgan fingerprint density at radius 3 is 1.78 bits per heavy atom. The maximum Gasteiger partial charge on any atom is 0.0696 e. The summed E-state index contributed by atoms with van der Waals surface area (Å²) in [6.45, 7) is 11.7. The predicted octanol–water partition coefficient (Wildman–Crippen LogP) is 6.70. The van der Waals surface area contributed by atoms with Crippen LogP contribution in [0.3, 0.4) is 0 Å². The van der Waals surface area contributed by atoms with E-state index in [-0.39, 0.29) is 0 Å². The normalized spacial score (nSPS) is 12.0. The van der Waals surface area contributed by atoms with Crippen LogP contribution in [0.5, 0.6) is 0 Å². The number of aryl methyl sites for hydroxylation is 4. The largest absolute Gasteiger partial charge is 0.381 e. The van der Waals surface area contributed by atoms with Crippen molar-refractivity contribution in [3.63, 3.8) is 0 Å². The van der Waals surface area contributed by atoms with E-state index in [0.29, 0.717) is 0 Å². The summed E-state index contributed by atoms with van der Waals surface area (Å²) in [5, 5.41) is 3.61. The Morgan fingerprint density at radius 1 is 0.815 bits per heavy atom. The highest BCUT2D eigenvalue weighted by Crippen LogP contribution is 2.26. The highest BCUT2D eigenvalue weighted by atomic mass is 14.9. The SMILES string of the molecule is CCc1cccc(CC)c1N=C(C)/C=C/CNc1c(CC)cccc1CC. The van der Waals surface area contributed by atoms with E-state index in [0.717, 1.165) is 43.6 Å². The number of para-hydroxylation sites is 2. The van der Waals surface area contributed by atoms with Crippen molar-refractivity contribution in [1.29, 1.82) is 0 Å². The maximum absolute atomic E-state index is 4.91. The first-order chi connectivity index (χ1) is 13.1. The molecule has 0 bridgehead atoms. The number of nitrogens with zero attached hydrogens (tertiary/aromatic N) is 1. The Bertz CT molecular complexity index is 755. The summed E-state index contributed by atoms with van der Waals surface area (Å²) in [6.07, 6.45) is 8.42. The lowest BCUT2D eigenvalue weighted by Gasteiger charge is -2.14. The van der Waals surface area contributed by atoms with Crippen LogP contribution in [0, 0.1) is 0 Å². The zero-order valence-electron chi connectivity index (χ0n) is 17.6. The van der Waals surface area contributed by atoms with Crippen molar-refractivity contribution in [3.05, 3.63) is 70.8 Å². The van der Waals surface area contributed by atoms with Crippen molar-refractivity contribution in [2.75, 3.05) is 11.9 Å². The molecule has 144 valence electrons. The van der Waals surface area contributed by atoms with Gasteiger partial charge >= 0.3 is 0 Å². The van der Waals surface area contributed by atoms with Gasteiger partial charge in [0.1, 0.15) is 0 Å². The number of allylic oxidation sites excluding steroid dienone is 1. The molecule has 0 saturated carbocycles. The van der Waals surface area contributed by atoms with Crippen LogP contribution in [-0.2, 0) is 25.7 Å². The smallest absolute Gasteiger partial charge is 0.0696 e. The summed E-state index contributed by atoms with van der Waals surface area (Å²) in [6, 6.07) is 13.1. The summed E-state index contributed by atoms with van der Waals surface area (Å²) in [5.41, 5.74) is 8.92. The molecule has 27 heavy (non-hydrogen) atoms. The van der Waals surface area contributed by atoms with Crippen molar-refractivity contribution in [3.8, 4) is 0 Å². The van der Waals surface area contributed by atoms with E-state index in [4.69, 9.17) is 4.99 Å². The zero-order chi connectivity index (χ0) is 19.6. The molecule has 0 saturated heterocycles. The Labute approximate surface area is 165 Å². The van der Waals surface area contributed by atoms with E-state index in [1.54, 1.807) is 0 Å². The number of hydrogen-bond acceptors (Lipinski definition) is 2. The first kappa shape index (κ1) is 21.0. The van der Waals surface area contributed by atoms with Crippen molar-refractivity contribution in [1.82, 2.24) is 0 Å².